The molecule has 0 radical (unpaired) electrons. The monoisotopic (exact) mass is 128 g/mol. The number of hydrogen-bond acceptors (Lipinski definition) is 1. The second-order valence-corrected chi connectivity index (χ2v) is 3.22. The van der Waals surface area contributed by atoms with E-state index in [-0.39, 0.29) is 6.10 Å². The molecule has 0 amide bonds. The smallest absolute Gasteiger partial charge is 0.0512 e. The molecule has 1 heteroatoms. The Balaban J connectivity index is 1.91. The van der Waals surface area contributed by atoms with Gasteiger partial charge in [0.1, 0.15) is 0 Å². The van der Waals surface area contributed by atoms with Gasteiger partial charge >= 0.3 is 0 Å². The highest BCUT2D eigenvalue weighted by atomic mass is 16.3. The van der Waals surface area contributed by atoms with Crippen molar-refractivity contribution < 1.29 is 5.11 Å². The average molecular weight is 128 g/mol. The molecule has 0 aliphatic heterocycles. The van der Waals surface area contributed by atoms with Crippen LogP contribution >= 0.6 is 0 Å². The van der Waals surface area contributed by atoms with Crippen molar-refractivity contribution in [3.63, 3.8) is 0 Å². The maximum atomic E-state index is 8.92. The summed E-state index contributed by atoms with van der Waals surface area (Å²) in [4.78, 5) is 0. The van der Waals surface area contributed by atoms with Crippen molar-refractivity contribution in [1.29, 1.82) is 0 Å². The van der Waals surface area contributed by atoms with Gasteiger partial charge in [-0.2, -0.15) is 0 Å². The first-order valence-electron chi connectivity index (χ1n) is 3.97. The molecule has 0 aromatic rings. The predicted molar refractivity (Wildman–Crippen MR) is 38.3 cm³/mol. The Bertz CT molecular complexity index is 74.6. The third-order valence-electron chi connectivity index (χ3n) is 2.22. The van der Waals surface area contributed by atoms with E-state index in [0.29, 0.717) is 0 Å². The van der Waals surface area contributed by atoms with Crippen molar-refractivity contribution in [1.82, 2.24) is 0 Å². The van der Waals surface area contributed by atoms with Crippen molar-refractivity contribution in [2.75, 3.05) is 0 Å². The lowest BCUT2D eigenvalue weighted by atomic mass is 9.82. The first-order chi connectivity index (χ1) is 4.29. The van der Waals surface area contributed by atoms with Crippen LogP contribution in [0.3, 0.4) is 0 Å². The van der Waals surface area contributed by atoms with Crippen molar-refractivity contribution in [2.45, 2.75) is 45.1 Å². The molecule has 0 unspecified atom stereocenters. The zero-order chi connectivity index (χ0) is 6.69. The number of rotatable bonds is 3. The van der Waals surface area contributed by atoms with Crippen molar-refractivity contribution in [3.8, 4) is 0 Å². The summed E-state index contributed by atoms with van der Waals surface area (Å²) in [5.74, 6) is 0.958. The van der Waals surface area contributed by atoms with Gasteiger partial charge in [-0.05, 0) is 25.7 Å². The second-order valence-electron chi connectivity index (χ2n) is 3.22. The summed E-state index contributed by atoms with van der Waals surface area (Å²) in [6.07, 6.45) is 6.41. The van der Waals surface area contributed by atoms with Crippen LogP contribution in [-0.4, -0.2) is 11.2 Å². The maximum absolute atomic E-state index is 8.92. The molecular weight excluding hydrogens is 112 g/mol. The molecule has 1 aliphatic rings. The molecule has 1 fully saturated rings. The Hall–Kier alpha value is -0.0400. The highest BCUT2D eigenvalue weighted by Crippen LogP contribution is 2.30. The average Bonchev–Trinajstić information content (AvgIpc) is 1.60. The molecule has 0 aromatic carbocycles. The Morgan fingerprint density at radius 3 is 2.56 bits per heavy atom. The number of aliphatic hydroxyl groups excluding tert-OH is 1. The zero-order valence-corrected chi connectivity index (χ0v) is 6.14. The maximum Gasteiger partial charge on any atom is 0.0512 e. The summed E-state index contributed by atoms with van der Waals surface area (Å²) in [7, 11) is 0. The first-order valence-corrected chi connectivity index (χ1v) is 3.97. The summed E-state index contributed by atoms with van der Waals surface area (Å²) in [5, 5.41) is 8.92. The zero-order valence-electron chi connectivity index (χ0n) is 6.14. The fraction of sp³-hybridized carbons (Fsp3) is 1.00. The topological polar surface area (TPSA) is 20.2 Å². The van der Waals surface area contributed by atoms with Gasteiger partial charge in [-0.15, -0.1) is 0 Å². The summed E-state index contributed by atoms with van der Waals surface area (Å²) in [6.45, 7) is 1.87. The normalized spacial score (nSPS) is 23.3. The quantitative estimate of drug-likeness (QED) is 0.616. The van der Waals surface area contributed by atoms with Gasteiger partial charge in [-0.25, -0.2) is 0 Å². The van der Waals surface area contributed by atoms with Crippen LogP contribution < -0.4 is 0 Å². The van der Waals surface area contributed by atoms with Crippen molar-refractivity contribution in [3.05, 3.63) is 0 Å². The van der Waals surface area contributed by atoms with Gasteiger partial charge < -0.3 is 5.11 Å². The minimum Gasteiger partial charge on any atom is -0.393 e. The van der Waals surface area contributed by atoms with Crippen molar-refractivity contribution >= 4 is 0 Å². The molecule has 1 nitrogen and oxygen atoms in total. The number of aliphatic hydroxyl groups is 1. The fourth-order valence-electron chi connectivity index (χ4n) is 1.26. The van der Waals surface area contributed by atoms with E-state index in [1.807, 2.05) is 6.92 Å². The molecule has 1 atom stereocenters. The van der Waals surface area contributed by atoms with Gasteiger partial charge in [0.25, 0.3) is 0 Å². The first kappa shape index (κ1) is 7.07. The Morgan fingerprint density at radius 1 is 1.56 bits per heavy atom. The molecule has 1 saturated carbocycles. The van der Waals surface area contributed by atoms with Crippen LogP contribution in [0.1, 0.15) is 39.0 Å². The molecule has 0 saturated heterocycles. The van der Waals surface area contributed by atoms with Gasteiger partial charge in [0.05, 0.1) is 6.10 Å². The lowest BCUT2D eigenvalue weighted by molar-refractivity contribution is 0.160. The van der Waals surface area contributed by atoms with Crippen LogP contribution in [0, 0.1) is 5.92 Å². The van der Waals surface area contributed by atoms with Crippen LogP contribution in [0.2, 0.25) is 0 Å². The Labute approximate surface area is 57.1 Å². The summed E-state index contributed by atoms with van der Waals surface area (Å²) < 4.78 is 0. The van der Waals surface area contributed by atoms with E-state index < -0.39 is 0 Å². The van der Waals surface area contributed by atoms with E-state index in [2.05, 4.69) is 0 Å². The molecule has 0 spiro atoms. The molecule has 1 aliphatic carbocycles. The van der Waals surface area contributed by atoms with Crippen LogP contribution in [-0.2, 0) is 0 Å². The summed E-state index contributed by atoms with van der Waals surface area (Å²) >= 11 is 0. The molecule has 0 heterocycles. The van der Waals surface area contributed by atoms with Crippen molar-refractivity contribution in [2.24, 2.45) is 5.92 Å². The minimum atomic E-state index is -0.0781. The lowest BCUT2D eigenvalue weighted by Crippen LogP contribution is -2.13. The fourth-order valence-corrected chi connectivity index (χ4v) is 1.26. The summed E-state index contributed by atoms with van der Waals surface area (Å²) in [5.41, 5.74) is 0. The van der Waals surface area contributed by atoms with Crippen LogP contribution in [0.5, 0.6) is 0 Å². The third kappa shape index (κ3) is 2.35. The van der Waals surface area contributed by atoms with Gasteiger partial charge in [-0.3, -0.25) is 0 Å². The van der Waals surface area contributed by atoms with Crippen LogP contribution in [0.15, 0.2) is 0 Å². The van der Waals surface area contributed by atoms with Crippen LogP contribution in [0.4, 0.5) is 0 Å². The van der Waals surface area contributed by atoms with E-state index in [1.54, 1.807) is 0 Å². The van der Waals surface area contributed by atoms with Gasteiger partial charge in [0.2, 0.25) is 0 Å². The van der Waals surface area contributed by atoms with Gasteiger partial charge in [0.15, 0.2) is 0 Å². The van der Waals surface area contributed by atoms with E-state index in [9.17, 15) is 0 Å². The Morgan fingerprint density at radius 2 is 2.22 bits per heavy atom. The van der Waals surface area contributed by atoms with Crippen LogP contribution in [0.25, 0.3) is 0 Å². The predicted octanol–water partition coefficient (Wildman–Crippen LogP) is 1.95. The SMILES string of the molecule is C[C@H](O)CCC1CCC1. The highest BCUT2D eigenvalue weighted by molar-refractivity contribution is 4.69. The highest BCUT2D eigenvalue weighted by Gasteiger charge is 2.16. The molecule has 54 valence electrons. The Kier molecular flexibility index (Phi) is 2.52. The molecular formula is C8H16O. The molecule has 0 bridgehead atoms. The van der Waals surface area contributed by atoms with Gasteiger partial charge in [0, 0.05) is 0 Å². The minimum absolute atomic E-state index is 0.0781. The van der Waals surface area contributed by atoms with E-state index in [0.717, 1.165) is 12.3 Å². The molecule has 1 N–H and O–H groups in total. The van der Waals surface area contributed by atoms with E-state index in [4.69, 9.17) is 5.11 Å². The molecule has 0 aromatic heterocycles. The molecule has 9 heavy (non-hydrogen) atoms. The molecule has 1 rings (SSSR count). The van der Waals surface area contributed by atoms with Gasteiger partial charge in [-0.1, -0.05) is 19.3 Å². The largest absolute Gasteiger partial charge is 0.393 e. The lowest BCUT2D eigenvalue weighted by Gasteiger charge is -2.25. The number of hydrogen-bond donors (Lipinski definition) is 1. The summed E-state index contributed by atoms with van der Waals surface area (Å²) in [6, 6.07) is 0. The standard InChI is InChI=1S/C8H16O/c1-7(9)5-6-8-3-2-4-8/h7-9H,2-6H2,1H3/t7-/m0/s1. The third-order valence-corrected chi connectivity index (χ3v) is 2.22. The van der Waals surface area contributed by atoms with E-state index in [1.165, 1.54) is 25.7 Å². The van der Waals surface area contributed by atoms with E-state index >= 15 is 0 Å². The second kappa shape index (κ2) is 3.21.